The van der Waals surface area contributed by atoms with Crippen LogP contribution in [0.1, 0.15) is 296 Å². The molecular weight excluding hydrogens is 1080 g/mol. The molecule has 2 unspecified atom stereocenters. The molecule has 1 N–H and O–H groups in total. The minimum atomic E-state index is -1.53. The van der Waals surface area contributed by atoms with Gasteiger partial charge in [0.15, 0.2) is 6.10 Å². The predicted molar refractivity (Wildman–Crippen MR) is 373 cm³/mol. The maximum atomic E-state index is 12.9. The van der Waals surface area contributed by atoms with Crippen LogP contribution in [0.25, 0.3) is 0 Å². The van der Waals surface area contributed by atoms with E-state index in [-0.39, 0.29) is 32.2 Å². The highest BCUT2D eigenvalue weighted by Gasteiger charge is 2.25. The first-order chi connectivity index (χ1) is 42.6. The molecule has 0 aromatic carbocycles. The zero-order valence-corrected chi connectivity index (χ0v) is 56.9. The van der Waals surface area contributed by atoms with Gasteiger partial charge in [0.1, 0.15) is 13.2 Å². The van der Waals surface area contributed by atoms with Gasteiger partial charge in [-0.3, -0.25) is 9.59 Å². The van der Waals surface area contributed by atoms with Gasteiger partial charge in [0.25, 0.3) is 6.29 Å². The van der Waals surface area contributed by atoms with Crippen LogP contribution < -0.4 is 0 Å². The van der Waals surface area contributed by atoms with Crippen molar-refractivity contribution in [1.29, 1.82) is 0 Å². The number of carbonyl (C=O) groups is 3. The molecule has 0 saturated carbocycles. The smallest absolute Gasteiger partial charge is 0.361 e. The summed E-state index contributed by atoms with van der Waals surface area (Å²) in [4.78, 5) is 37.6. The van der Waals surface area contributed by atoms with E-state index in [0.717, 1.165) is 96.3 Å². The molecule has 498 valence electrons. The monoisotopic (exact) mass is 1210 g/mol. The average molecular weight is 1210 g/mol. The highest BCUT2D eigenvalue weighted by molar-refractivity contribution is 5.71. The molecule has 0 saturated heterocycles. The predicted octanol–water partition coefficient (Wildman–Crippen LogP) is 22.4. The second-order valence-electron chi connectivity index (χ2n) is 24.8. The Morgan fingerprint density at radius 1 is 0.356 bits per heavy atom. The van der Waals surface area contributed by atoms with Crippen molar-refractivity contribution >= 4 is 17.9 Å². The molecule has 2 atom stereocenters. The molecular formula is C78H134NO8+. The zero-order chi connectivity index (χ0) is 63.3. The fraction of sp³-hybridized carbons (Fsp3) is 0.705. The summed E-state index contributed by atoms with van der Waals surface area (Å²) in [5.41, 5.74) is 0. The number of carboxylic acid groups (broad SMARTS) is 1. The third-order valence-corrected chi connectivity index (χ3v) is 15.2. The number of rotatable bonds is 65. The van der Waals surface area contributed by atoms with E-state index in [1.54, 1.807) is 0 Å². The van der Waals surface area contributed by atoms with Gasteiger partial charge >= 0.3 is 17.9 Å². The molecule has 0 aliphatic carbocycles. The number of allylic oxidation sites excluding steroid dienone is 20. The van der Waals surface area contributed by atoms with Crippen LogP contribution in [0.5, 0.6) is 0 Å². The van der Waals surface area contributed by atoms with Gasteiger partial charge in [0, 0.05) is 12.8 Å². The molecule has 9 heteroatoms. The van der Waals surface area contributed by atoms with E-state index in [0.29, 0.717) is 23.9 Å². The van der Waals surface area contributed by atoms with Crippen LogP contribution in [0.15, 0.2) is 122 Å². The van der Waals surface area contributed by atoms with Gasteiger partial charge in [-0.1, -0.05) is 296 Å². The number of unbranched alkanes of at least 4 members (excludes halogenated alkanes) is 30. The number of esters is 2. The van der Waals surface area contributed by atoms with E-state index in [1.165, 1.54) is 167 Å². The lowest BCUT2D eigenvalue weighted by Gasteiger charge is -2.25. The molecule has 0 spiro atoms. The number of quaternary nitrogens is 1. The highest BCUT2D eigenvalue weighted by atomic mass is 16.7. The first kappa shape index (κ1) is 82.7. The summed E-state index contributed by atoms with van der Waals surface area (Å²) in [5, 5.41) is 9.74. The molecule has 0 aromatic rings. The summed E-state index contributed by atoms with van der Waals surface area (Å²) < 4.78 is 22.9. The molecule has 87 heavy (non-hydrogen) atoms. The summed E-state index contributed by atoms with van der Waals surface area (Å²) in [7, 11) is 5.96. The van der Waals surface area contributed by atoms with Crippen LogP contribution in [0.3, 0.4) is 0 Å². The van der Waals surface area contributed by atoms with Gasteiger partial charge < -0.3 is 28.5 Å². The number of carbonyl (C=O) groups excluding carboxylic acids is 2. The maximum Gasteiger partial charge on any atom is 0.361 e. The number of ether oxygens (including phenoxy) is 4. The molecule has 0 aromatic heterocycles. The first-order valence-electron chi connectivity index (χ1n) is 35.7. The molecule has 9 nitrogen and oxygen atoms in total. The topological polar surface area (TPSA) is 108 Å². The van der Waals surface area contributed by atoms with Crippen LogP contribution >= 0.6 is 0 Å². The minimum Gasteiger partial charge on any atom is -0.477 e. The Morgan fingerprint density at radius 3 is 0.989 bits per heavy atom. The van der Waals surface area contributed by atoms with Crippen LogP contribution in [-0.2, 0) is 33.3 Å². The Balaban J connectivity index is 4.11. The summed E-state index contributed by atoms with van der Waals surface area (Å²) >= 11 is 0. The third kappa shape index (κ3) is 69.0. The Morgan fingerprint density at radius 2 is 0.655 bits per heavy atom. The molecule has 0 bridgehead atoms. The van der Waals surface area contributed by atoms with Crippen molar-refractivity contribution in [3.63, 3.8) is 0 Å². The normalized spacial score (nSPS) is 13.4. The fourth-order valence-electron chi connectivity index (χ4n) is 9.77. The van der Waals surface area contributed by atoms with Crippen molar-refractivity contribution < 1.29 is 42.9 Å². The van der Waals surface area contributed by atoms with Crippen molar-refractivity contribution in [2.24, 2.45) is 0 Å². The van der Waals surface area contributed by atoms with E-state index in [4.69, 9.17) is 18.9 Å². The van der Waals surface area contributed by atoms with Gasteiger partial charge in [0.05, 0.1) is 34.4 Å². The summed E-state index contributed by atoms with van der Waals surface area (Å²) in [6.07, 6.45) is 93.3. The Kier molecular flexibility index (Phi) is 64.3. The molecule has 0 aliphatic heterocycles. The van der Waals surface area contributed by atoms with E-state index < -0.39 is 24.3 Å². The minimum absolute atomic E-state index is 0.176. The fourth-order valence-corrected chi connectivity index (χ4v) is 9.77. The summed E-state index contributed by atoms with van der Waals surface area (Å²) in [6, 6.07) is 0. The number of nitrogens with zero attached hydrogens (tertiary/aromatic N) is 1. The maximum absolute atomic E-state index is 12.9. The van der Waals surface area contributed by atoms with E-state index in [9.17, 15) is 19.5 Å². The number of likely N-dealkylation sites (N-methyl/N-ethyl adjacent to an activating group) is 1. The van der Waals surface area contributed by atoms with Crippen LogP contribution in [0, 0.1) is 0 Å². The molecule has 0 amide bonds. The summed E-state index contributed by atoms with van der Waals surface area (Å²) in [5.74, 6) is -2.05. The molecule has 0 rings (SSSR count). The van der Waals surface area contributed by atoms with Crippen molar-refractivity contribution in [2.45, 2.75) is 309 Å². The lowest BCUT2D eigenvalue weighted by atomic mass is 10.0. The first-order valence-corrected chi connectivity index (χ1v) is 35.7. The van der Waals surface area contributed by atoms with Crippen molar-refractivity contribution in [2.75, 3.05) is 47.5 Å². The number of hydrogen-bond acceptors (Lipinski definition) is 7. The lowest BCUT2D eigenvalue weighted by molar-refractivity contribution is -0.870. The standard InChI is InChI=1S/C78H133NO8/c1-6-8-10-12-14-16-18-20-22-24-26-28-30-32-33-34-35-36-37-38-39-40-41-42-43-45-46-48-50-52-54-56-58-60-62-64-66-68-75(80)85-72-74(73-86-78(77(82)83)84-71-70-79(3,4)5)87-76(81)69-67-65-63-61-59-57-55-53-51-49-47-44-31-29-27-25-23-21-19-17-15-13-11-9-7-2/h9,11,15,17-18,20-21,23-24,26-27,29-30,32,44,47,51,53,57,59,74,78H,6-8,10,12-14,16,19,22,25,28,31,33-43,45-46,48-50,52,54-56,58,60-73H2,1-5H3/p+1/b11-9-,17-15-,20-18-,23-21-,26-24-,29-27-,32-30-,47-44-,53-51-,59-57-. The number of aliphatic carboxylic acids is 1. The van der Waals surface area contributed by atoms with Gasteiger partial charge in [-0.25, -0.2) is 4.79 Å². The molecule has 0 radical (unpaired) electrons. The number of carboxylic acids is 1. The van der Waals surface area contributed by atoms with Gasteiger partial charge in [-0.15, -0.1) is 0 Å². The molecule has 0 fully saturated rings. The zero-order valence-electron chi connectivity index (χ0n) is 56.9. The van der Waals surface area contributed by atoms with Crippen molar-refractivity contribution in [1.82, 2.24) is 0 Å². The largest absolute Gasteiger partial charge is 0.477 e. The van der Waals surface area contributed by atoms with E-state index in [1.807, 2.05) is 21.1 Å². The average Bonchev–Trinajstić information content (AvgIpc) is 3.59. The Bertz CT molecular complexity index is 1840. The molecule has 0 heterocycles. The van der Waals surface area contributed by atoms with Gasteiger partial charge in [-0.05, 0) is 109 Å². The second-order valence-corrected chi connectivity index (χ2v) is 24.8. The van der Waals surface area contributed by atoms with Gasteiger partial charge in [0.2, 0.25) is 0 Å². The summed E-state index contributed by atoms with van der Waals surface area (Å²) in [6.45, 7) is 4.72. The van der Waals surface area contributed by atoms with Crippen molar-refractivity contribution in [3.8, 4) is 0 Å². The SMILES string of the molecule is CC/C=C\C/C=C\C/C=C\C/C=C\C/C=C\C/C=C\C/C=C\CCCCCC(=O)OC(COC(=O)CCCCCCCCCCCCCCCCCCCCCCCC/C=C\C/C=C\C/C=C\CCCCCCC)COC(OCC[N+](C)(C)C)C(=O)O. The van der Waals surface area contributed by atoms with Crippen molar-refractivity contribution in [3.05, 3.63) is 122 Å². The van der Waals surface area contributed by atoms with Crippen LogP contribution in [0.2, 0.25) is 0 Å². The van der Waals surface area contributed by atoms with E-state index >= 15 is 0 Å². The third-order valence-electron chi connectivity index (χ3n) is 15.2. The molecule has 0 aliphatic rings. The number of hydrogen-bond donors (Lipinski definition) is 1. The second kappa shape index (κ2) is 67.6. The van der Waals surface area contributed by atoms with Crippen LogP contribution in [-0.4, -0.2) is 87.4 Å². The Hall–Kier alpha value is -4.31. The van der Waals surface area contributed by atoms with Crippen LogP contribution in [0.4, 0.5) is 0 Å². The highest BCUT2D eigenvalue weighted by Crippen LogP contribution is 2.17. The van der Waals surface area contributed by atoms with E-state index in [2.05, 4.69) is 135 Å². The Labute approximate surface area is 536 Å². The quantitative estimate of drug-likeness (QED) is 0.0211. The van der Waals surface area contributed by atoms with Gasteiger partial charge in [-0.2, -0.15) is 0 Å². The lowest BCUT2D eigenvalue weighted by Crippen LogP contribution is -2.40.